The Hall–Kier alpha value is -0.240. The third kappa shape index (κ3) is 1.98. The zero-order valence-corrected chi connectivity index (χ0v) is 6.29. The van der Waals surface area contributed by atoms with Gasteiger partial charge in [0.05, 0.1) is 13.2 Å². The van der Waals surface area contributed by atoms with E-state index in [0.717, 1.165) is 0 Å². The van der Waals surface area contributed by atoms with Crippen LogP contribution in [0.2, 0.25) is 0 Å². The van der Waals surface area contributed by atoms with Gasteiger partial charge in [-0.3, -0.25) is 0 Å². The molecule has 0 aliphatic carbocycles. The highest BCUT2D eigenvalue weighted by atomic mass is 16.7. The van der Waals surface area contributed by atoms with Gasteiger partial charge >= 0.3 is 0 Å². The van der Waals surface area contributed by atoms with Crippen LogP contribution in [0.4, 0.5) is 0 Å². The fourth-order valence-corrected chi connectivity index (χ4v) is 1.15. The lowest BCUT2D eigenvalue weighted by Crippen LogP contribution is -2.46. The molecule has 0 radical (unpaired) electrons. The average molecular weight is 196 g/mol. The van der Waals surface area contributed by atoms with Gasteiger partial charge in [-0.25, -0.2) is 0 Å². The van der Waals surface area contributed by atoms with E-state index >= 15 is 0 Å². The van der Waals surface area contributed by atoms with Gasteiger partial charge in [0.2, 0.25) is 5.79 Å². The Balaban J connectivity index is 0.00000144. The smallest absolute Gasteiger partial charge is 0.219 e. The molecule has 1 saturated heterocycles. The van der Waals surface area contributed by atoms with Crippen LogP contribution < -0.4 is 0 Å². The fraction of sp³-hybridized carbons (Fsp3) is 1.00. The monoisotopic (exact) mass is 196 g/mol. The van der Waals surface area contributed by atoms with E-state index in [-0.39, 0.29) is 7.43 Å². The number of hydrogen-bond acceptors (Lipinski definition) is 6. The summed E-state index contributed by atoms with van der Waals surface area (Å²) in [7, 11) is 0. The van der Waals surface area contributed by atoms with Crippen LogP contribution in [0.5, 0.6) is 0 Å². The summed E-state index contributed by atoms with van der Waals surface area (Å²) in [6, 6.07) is 0. The van der Waals surface area contributed by atoms with Gasteiger partial charge < -0.3 is 30.3 Å². The van der Waals surface area contributed by atoms with E-state index in [1.807, 2.05) is 0 Å². The molecular weight excluding hydrogens is 180 g/mol. The Kier molecular flexibility index (Phi) is 4.24. The highest BCUT2D eigenvalue weighted by molar-refractivity contribution is 4.94. The summed E-state index contributed by atoms with van der Waals surface area (Å²) in [5, 5.41) is 44.7. The molecule has 1 aliphatic rings. The van der Waals surface area contributed by atoms with Crippen LogP contribution in [0.15, 0.2) is 0 Å². The zero-order valence-electron chi connectivity index (χ0n) is 6.29. The van der Waals surface area contributed by atoms with E-state index < -0.39 is 37.3 Å². The lowest BCUT2D eigenvalue weighted by molar-refractivity contribution is -0.248. The number of hydrogen-bond donors (Lipinski definition) is 5. The summed E-state index contributed by atoms with van der Waals surface area (Å²) in [5.74, 6) is -2.16. The minimum atomic E-state index is -2.16. The Morgan fingerprint density at radius 2 is 1.77 bits per heavy atom. The van der Waals surface area contributed by atoms with Gasteiger partial charge in [-0.2, -0.15) is 0 Å². The van der Waals surface area contributed by atoms with Crippen molar-refractivity contribution in [1.82, 2.24) is 0 Å². The highest BCUT2D eigenvalue weighted by Crippen LogP contribution is 2.28. The number of rotatable bonds is 2. The molecule has 4 atom stereocenters. The van der Waals surface area contributed by atoms with E-state index in [1.165, 1.54) is 0 Å². The second-order valence-electron chi connectivity index (χ2n) is 2.78. The molecule has 1 heterocycles. The maximum atomic E-state index is 9.25. The molecule has 1 fully saturated rings. The quantitative estimate of drug-likeness (QED) is 0.331. The van der Waals surface area contributed by atoms with Crippen molar-refractivity contribution in [2.24, 2.45) is 0 Å². The van der Waals surface area contributed by atoms with Crippen molar-refractivity contribution in [2.45, 2.75) is 31.5 Å². The summed E-state index contributed by atoms with van der Waals surface area (Å²) >= 11 is 0. The van der Waals surface area contributed by atoms with Gasteiger partial charge in [-0.15, -0.1) is 0 Å². The first kappa shape index (κ1) is 12.8. The number of ether oxygens (including phenoxy) is 1. The van der Waals surface area contributed by atoms with Crippen molar-refractivity contribution in [2.75, 3.05) is 13.2 Å². The molecule has 6 heteroatoms. The van der Waals surface area contributed by atoms with Gasteiger partial charge in [0.25, 0.3) is 0 Å². The predicted molar refractivity (Wildman–Crippen MR) is 42.7 cm³/mol. The summed E-state index contributed by atoms with van der Waals surface area (Å²) in [5.41, 5.74) is 0. The lowest BCUT2D eigenvalue weighted by Gasteiger charge is -2.22. The molecule has 1 rings (SSSR count). The van der Waals surface area contributed by atoms with E-state index in [9.17, 15) is 5.11 Å². The molecule has 1 aliphatic heterocycles. The molecule has 80 valence electrons. The van der Waals surface area contributed by atoms with Crippen LogP contribution in [0, 0.1) is 0 Å². The van der Waals surface area contributed by atoms with Crippen LogP contribution >= 0.6 is 0 Å². The van der Waals surface area contributed by atoms with Gasteiger partial charge in [0.1, 0.15) is 18.3 Å². The van der Waals surface area contributed by atoms with Crippen LogP contribution in [0.3, 0.4) is 0 Å². The summed E-state index contributed by atoms with van der Waals surface area (Å²) in [4.78, 5) is 0. The maximum Gasteiger partial charge on any atom is 0.219 e. The molecule has 0 spiro atoms. The van der Waals surface area contributed by atoms with Crippen LogP contribution in [0.1, 0.15) is 7.43 Å². The van der Waals surface area contributed by atoms with Crippen LogP contribution in [0.25, 0.3) is 0 Å². The van der Waals surface area contributed by atoms with Gasteiger partial charge in [-0.1, -0.05) is 7.43 Å². The van der Waals surface area contributed by atoms with Gasteiger partial charge in [-0.05, 0) is 0 Å². The number of aliphatic hydroxyl groups excluding tert-OH is 4. The molecule has 0 aromatic carbocycles. The Bertz CT molecular complexity index is 163. The molecule has 0 aromatic rings. The molecule has 0 aromatic heterocycles. The first-order valence-corrected chi connectivity index (χ1v) is 3.53. The van der Waals surface area contributed by atoms with Crippen LogP contribution in [-0.4, -0.2) is 62.8 Å². The Morgan fingerprint density at radius 3 is 2.00 bits per heavy atom. The standard InChI is InChI=1S/C6H12O6.CH4/c7-1-3-4(9)5(10)6(11,2-8)12-3;/h3-5,7-11H,1-2H2;1H4/t3-,4-,5+,6?;/m1./s1. The number of aliphatic hydroxyl groups is 5. The normalized spacial score (nSPS) is 44.5. The molecular formula is C7H16O6. The van der Waals surface area contributed by atoms with Crippen molar-refractivity contribution in [3.8, 4) is 0 Å². The highest BCUT2D eigenvalue weighted by Gasteiger charge is 2.52. The lowest BCUT2D eigenvalue weighted by atomic mass is 10.1. The zero-order chi connectivity index (χ0) is 9.35. The van der Waals surface area contributed by atoms with Crippen LogP contribution in [-0.2, 0) is 4.74 Å². The van der Waals surface area contributed by atoms with E-state index in [4.69, 9.17) is 20.4 Å². The average Bonchev–Trinajstić information content (AvgIpc) is 2.31. The first-order valence-electron chi connectivity index (χ1n) is 3.53. The predicted octanol–water partition coefficient (Wildman–Crippen LogP) is -2.58. The maximum absolute atomic E-state index is 9.25. The largest absolute Gasteiger partial charge is 0.394 e. The third-order valence-electron chi connectivity index (χ3n) is 1.93. The molecule has 5 N–H and O–H groups in total. The summed E-state index contributed by atoms with van der Waals surface area (Å²) < 4.78 is 4.63. The second kappa shape index (κ2) is 4.32. The molecule has 0 saturated carbocycles. The molecule has 0 bridgehead atoms. The van der Waals surface area contributed by atoms with Crippen molar-refractivity contribution in [3.05, 3.63) is 0 Å². The van der Waals surface area contributed by atoms with Gasteiger partial charge in [0, 0.05) is 0 Å². The second-order valence-corrected chi connectivity index (χ2v) is 2.78. The van der Waals surface area contributed by atoms with E-state index in [2.05, 4.69) is 4.74 Å². The van der Waals surface area contributed by atoms with Crippen molar-refractivity contribution < 1.29 is 30.3 Å². The van der Waals surface area contributed by atoms with Crippen molar-refractivity contribution in [1.29, 1.82) is 0 Å². The molecule has 6 nitrogen and oxygen atoms in total. The van der Waals surface area contributed by atoms with Crippen molar-refractivity contribution >= 4 is 0 Å². The van der Waals surface area contributed by atoms with E-state index in [1.54, 1.807) is 0 Å². The van der Waals surface area contributed by atoms with Crippen molar-refractivity contribution in [3.63, 3.8) is 0 Å². The Morgan fingerprint density at radius 1 is 1.23 bits per heavy atom. The minimum absolute atomic E-state index is 0. The topological polar surface area (TPSA) is 110 Å². The summed E-state index contributed by atoms with van der Waals surface area (Å²) in [6.45, 7) is -1.36. The molecule has 0 amide bonds. The summed E-state index contributed by atoms with van der Waals surface area (Å²) in [6.07, 6.45) is -4.04. The fourth-order valence-electron chi connectivity index (χ4n) is 1.15. The van der Waals surface area contributed by atoms with E-state index in [0.29, 0.717) is 0 Å². The SMILES string of the molecule is C.OC[C@H]1OC(O)(CO)[C@@H](O)[C@@H]1O. The molecule has 13 heavy (non-hydrogen) atoms. The third-order valence-corrected chi connectivity index (χ3v) is 1.93. The van der Waals surface area contributed by atoms with Gasteiger partial charge in [0.15, 0.2) is 0 Å². The first-order chi connectivity index (χ1) is 5.55. The minimum Gasteiger partial charge on any atom is -0.394 e. The Labute approximate surface area is 76.0 Å². The molecule has 1 unspecified atom stereocenters.